The molecule has 1 fully saturated rings. The maximum Gasteiger partial charge on any atom is 0.116 e. The molecule has 0 spiro atoms. The average Bonchev–Trinajstić information content (AvgIpc) is 3.72. The van der Waals surface area contributed by atoms with E-state index in [1.165, 1.54) is 63.3 Å². The van der Waals surface area contributed by atoms with E-state index in [4.69, 9.17) is 5.10 Å². The minimum absolute atomic E-state index is 0.946. The van der Waals surface area contributed by atoms with Crippen LogP contribution in [-0.4, -0.2) is 39.7 Å². The fraction of sp³-hybridized carbons (Fsp3) is 0.219. The normalized spacial score (nSPS) is 15.3. The minimum Gasteiger partial charge on any atom is -0.353 e. The topological polar surface area (TPSA) is 47.7 Å². The van der Waals surface area contributed by atoms with Gasteiger partial charge < -0.3 is 4.98 Å². The Morgan fingerprint density at radius 1 is 1.05 bits per heavy atom. The van der Waals surface area contributed by atoms with Crippen LogP contribution in [-0.2, 0) is 0 Å². The number of hydrogen-bond acceptors (Lipinski definition) is 3. The second-order valence-corrected chi connectivity index (χ2v) is 11.1. The number of aromatic amines is 2. The summed E-state index contributed by atoms with van der Waals surface area (Å²) >= 11 is 1.83. The second kappa shape index (κ2) is 10.0. The molecule has 0 amide bonds. The van der Waals surface area contributed by atoms with Crippen molar-refractivity contribution in [3.8, 4) is 21.8 Å². The number of aryl methyl sites for hydroxylation is 1. The number of rotatable bonds is 7. The third kappa shape index (κ3) is 4.61. The maximum atomic E-state index is 4.73. The molecule has 2 aromatic carbocycles. The number of aromatic nitrogens is 3. The molecule has 4 nitrogen and oxygen atoms in total. The van der Waals surface area contributed by atoms with Crippen molar-refractivity contribution in [2.24, 2.45) is 0 Å². The van der Waals surface area contributed by atoms with Gasteiger partial charge in [-0.2, -0.15) is 5.10 Å². The molecule has 0 atom stereocenters. The zero-order valence-corrected chi connectivity index (χ0v) is 22.3. The molecule has 0 bridgehead atoms. The third-order valence-electron chi connectivity index (χ3n) is 7.34. The van der Waals surface area contributed by atoms with Gasteiger partial charge in [0.25, 0.3) is 0 Å². The van der Waals surface area contributed by atoms with Gasteiger partial charge in [0.1, 0.15) is 5.69 Å². The van der Waals surface area contributed by atoms with E-state index in [2.05, 4.69) is 102 Å². The Balaban J connectivity index is 1.38. The quantitative estimate of drug-likeness (QED) is 0.219. The van der Waals surface area contributed by atoms with Gasteiger partial charge in [-0.25, -0.2) is 0 Å². The zero-order valence-electron chi connectivity index (χ0n) is 21.5. The highest BCUT2D eigenvalue weighted by molar-refractivity contribution is 7.15. The number of fused-ring (bicyclic) bond motifs is 2. The first-order valence-electron chi connectivity index (χ1n) is 13.0. The Labute approximate surface area is 222 Å². The van der Waals surface area contributed by atoms with Gasteiger partial charge in [0, 0.05) is 38.2 Å². The molecule has 5 aromatic rings. The molecular formula is C32H32N4S. The Bertz CT molecular complexity index is 1650. The van der Waals surface area contributed by atoms with Gasteiger partial charge >= 0.3 is 0 Å². The third-order valence-corrected chi connectivity index (χ3v) is 8.37. The molecular weight excluding hydrogens is 472 g/mol. The second-order valence-electron chi connectivity index (χ2n) is 9.84. The molecule has 37 heavy (non-hydrogen) atoms. The van der Waals surface area contributed by atoms with Gasteiger partial charge in [-0.05, 0) is 92.9 Å². The highest BCUT2D eigenvalue weighted by Crippen LogP contribution is 2.37. The monoisotopic (exact) mass is 504 g/mol. The van der Waals surface area contributed by atoms with Gasteiger partial charge in [0.2, 0.25) is 0 Å². The maximum absolute atomic E-state index is 4.73. The van der Waals surface area contributed by atoms with Crippen molar-refractivity contribution in [3.63, 3.8) is 0 Å². The number of nitrogens with one attached hydrogen (secondary N) is 2. The van der Waals surface area contributed by atoms with Gasteiger partial charge in [-0.3, -0.25) is 10.00 Å². The molecule has 0 unspecified atom stereocenters. The summed E-state index contributed by atoms with van der Waals surface area (Å²) in [5.74, 6) is 0. The Morgan fingerprint density at radius 2 is 1.92 bits per heavy atom. The van der Waals surface area contributed by atoms with E-state index in [0.717, 1.165) is 34.4 Å². The molecule has 6 rings (SSSR count). The summed E-state index contributed by atoms with van der Waals surface area (Å²) in [6.07, 6.45) is 9.06. The highest BCUT2D eigenvalue weighted by Gasteiger charge is 2.16. The van der Waals surface area contributed by atoms with Crippen LogP contribution in [0.3, 0.4) is 0 Å². The fourth-order valence-corrected chi connectivity index (χ4v) is 6.28. The van der Waals surface area contributed by atoms with Crippen molar-refractivity contribution in [2.45, 2.75) is 26.7 Å². The minimum atomic E-state index is 0.946. The zero-order chi connectivity index (χ0) is 25.4. The Hall–Kier alpha value is -3.67. The summed E-state index contributed by atoms with van der Waals surface area (Å²) < 4.78 is 0. The van der Waals surface area contributed by atoms with Gasteiger partial charge in [0.15, 0.2) is 0 Å². The molecule has 5 heteroatoms. The molecule has 1 aliphatic rings. The van der Waals surface area contributed by atoms with E-state index in [0.29, 0.717) is 0 Å². The van der Waals surface area contributed by atoms with Crippen molar-refractivity contribution >= 4 is 38.7 Å². The van der Waals surface area contributed by atoms with Crippen molar-refractivity contribution in [2.75, 3.05) is 19.6 Å². The van der Waals surface area contributed by atoms with Crippen LogP contribution in [0.1, 0.15) is 30.2 Å². The molecule has 1 aliphatic heterocycles. The first kappa shape index (κ1) is 23.7. The van der Waals surface area contributed by atoms with E-state index in [9.17, 15) is 0 Å². The van der Waals surface area contributed by atoms with Crippen molar-refractivity contribution in [1.82, 2.24) is 20.1 Å². The summed E-state index contributed by atoms with van der Waals surface area (Å²) in [7, 11) is 0. The number of allylic oxidation sites excluding steroid dienone is 3. The standard InChI is InChI=1S/C32H32N4S/c1-4-22(20-36-15-6-7-16-36)17-23(5-2)24-12-13-29-27(18-24)32(35-34-29)30-19-26-25(9-8-10-28(26)33-30)31-14-11-21(3)37-31/h4-5,8-14,17-19,33H,1,6-7,15-16,20H2,2-3H3,(H,34,35)/b22-17+,23-5+. The highest BCUT2D eigenvalue weighted by atomic mass is 32.1. The lowest BCUT2D eigenvalue weighted by molar-refractivity contribution is 0.371. The lowest BCUT2D eigenvalue weighted by atomic mass is 9.99. The van der Waals surface area contributed by atoms with E-state index in [1.54, 1.807) is 0 Å². The van der Waals surface area contributed by atoms with Crippen LogP contribution in [0.25, 0.3) is 49.2 Å². The Kier molecular flexibility index (Phi) is 6.41. The van der Waals surface area contributed by atoms with Crippen LogP contribution < -0.4 is 0 Å². The van der Waals surface area contributed by atoms with Crippen LogP contribution in [0.2, 0.25) is 0 Å². The molecule has 1 saturated heterocycles. The number of benzene rings is 2. The molecule has 0 aliphatic carbocycles. The fourth-order valence-electron chi connectivity index (χ4n) is 5.38. The van der Waals surface area contributed by atoms with Crippen LogP contribution in [0, 0.1) is 6.92 Å². The van der Waals surface area contributed by atoms with Gasteiger partial charge in [-0.15, -0.1) is 11.3 Å². The lowest BCUT2D eigenvalue weighted by Crippen LogP contribution is -2.21. The molecule has 4 heterocycles. The first-order chi connectivity index (χ1) is 18.1. The smallest absolute Gasteiger partial charge is 0.116 e. The van der Waals surface area contributed by atoms with Crippen LogP contribution >= 0.6 is 11.3 Å². The van der Waals surface area contributed by atoms with E-state index < -0.39 is 0 Å². The number of nitrogens with zero attached hydrogens (tertiary/aromatic N) is 2. The van der Waals surface area contributed by atoms with Crippen molar-refractivity contribution in [3.05, 3.63) is 95.4 Å². The largest absolute Gasteiger partial charge is 0.353 e. The summed E-state index contributed by atoms with van der Waals surface area (Å²) in [5.41, 5.74) is 9.04. The summed E-state index contributed by atoms with van der Waals surface area (Å²) in [6, 6.07) is 19.7. The van der Waals surface area contributed by atoms with E-state index >= 15 is 0 Å². The number of H-pyrrole nitrogens is 2. The van der Waals surface area contributed by atoms with Crippen LogP contribution in [0.15, 0.2) is 85.0 Å². The number of hydrogen-bond donors (Lipinski definition) is 2. The molecule has 2 N–H and O–H groups in total. The number of thiophene rings is 1. The van der Waals surface area contributed by atoms with Crippen LogP contribution in [0.5, 0.6) is 0 Å². The molecule has 3 aromatic heterocycles. The van der Waals surface area contributed by atoms with E-state index in [1.807, 2.05) is 17.4 Å². The number of likely N-dealkylation sites (tertiary alicyclic amines) is 1. The molecule has 0 saturated carbocycles. The van der Waals surface area contributed by atoms with Gasteiger partial charge in [-0.1, -0.05) is 43.0 Å². The summed E-state index contributed by atoms with van der Waals surface area (Å²) in [5, 5.41) is 10.3. The van der Waals surface area contributed by atoms with Crippen molar-refractivity contribution in [1.29, 1.82) is 0 Å². The van der Waals surface area contributed by atoms with Gasteiger partial charge in [0.05, 0.1) is 11.2 Å². The van der Waals surface area contributed by atoms with Crippen LogP contribution in [0.4, 0.5) is 0 Å². The lowest BCUT2D eigenvalue weighted by Gasteiger charge is -2.15. The predicted octanol–water partition coefficient (Wildman–Crippen LogP) is 8.36. The summed E-state index contributed by atoms with van der Waals surface area (Å²) in [6.45, 7) is 11.7. The summed E-state index contributed by atoms with van der Waals surface area (Å²) in [4.78, 5) is 8.75. The molecule has 0 radical (unpaired) electrons. The predicted molar refractivity (Wildman–Crippen MR) is 159 cm³/mol. The Morgan fingerprint density at radius 3 is 2.68 bits per heavy atom. The van der Waals surface area contributed by atoms with Crippen molar-refractivity contribution < 1.29 is 0 Å². The van der Waals surface area contributed by atoms with E-state index in [-0.39, 0.29) is 0 Å². The first-order valence-corrected chi connectivity index (χ1v) is 13.8. The average molecular weight is 505 g/mol. The molecule has 186 valence electrons. The SMILES string of the molecule is C=C/C(=C\C(=C/C)c1ccc2[nH]nc(-c3cc4c(-c5ccc(C)s5)cccc4[nH]3)c2c1)CN1CCCC1.